The van der Waals surface area contributed by atoms with Crippen molar-refractivity contribution >= 4 is 35.5 Å². The molecule has 0 bridgehead atoms. The minimum atomic E-state index is -0.761. The van der Waals surface area contributed by atoms with Crippen molar-refractivity contribution in [3.8, 4) is 0 Å². The Morgan fingerprint density at radius 2 is 2.08 bits per heavy atom. The fourth-order valence-corrected chi connectivity index (χ4v) is 4.39. The molecule has 9 heteroatoms. The summed E-state index contributed by atoms with van der Waals surface area (Å²) in [4.78, 5) is 48.9. The Bertz CT molecular complexity index is 591. The first-order valence-corrected chi connectivity index (χ1v) is 8.24. The molecule has 0 aromatic carbocycles. The Morgan fingerprint density at radius 3 is 2.67 bits per heavy atom. The maximum atomic E-state index is 12.4. The quantitative estimate of drug-likeness (QED) is 0.305. The largest absolute Gasteiger partial charge is 0.469 e. The molecule has 0 saturated carbocycles. The SMILES string of the molecule is C=CCOC(=O)C1N2C(=O)C(NC(=O)CC(=O)OC)C2SC1(C)C. The average molecular weight is 356 g/mol. The normalized spacial score (nSPS) is 26.9. The molecule has 2 heterocycles. The van der Waals surface area contributed by atoms with Gasteiger partial charge in [-0.3, -0.25) is 14.4 Å². The van der Waals surface area contributed by atoms with Crippen molar-refractivity contribution in [2.75, 3.05) is 13.7 Å². The number of hydrogen-bond acceptors (Lipinski definition) is 7. The Labute approximate surface area is 143 Å². The monoisotopic (exact) mass is 356 g/mol. The minimum Gasteiger partial charge on any atom is -0.469 e. The van der Waals surface area contributed by atoms with Gasteiger partial charge in [0.1, 0.15) is 30.5 Å². The molecular formula is C15H20N2O6S. The van der Waals surface area contributed by atoms with Crippen LogP contribution in [0.2, 0.25) is 0 Å². The van der Waals surface area contributed by atoms with Crippen LogP contribution in [0.4, 0.5) is 0 Å². The smallest absolute Gasteiger partial charge is 0.330 e. The maximum Gasteiger partial charge on any atom is 0.330 e. The van der Waals surface area contributed by atoms with Gasteiger partial charge in [0.15, 0.2) is 0 Å². The number of nitrogens with one attached hydrogen (secondary N) is 1. The lowest BCUT2D eigenvalue weighted by Crippen LogP contribution is -2.70. The molecule has 2 fully saturated rings. The second-order valence-corrected chi connectivity index (χ2v) is 7.75. The van der Waals surface area contributed by atoms with Gasteiger partial charge in [-0.25, -0.2) is 4.79 Å². The molecule has 0 radical (unpaired) electrons. The molecule has 3 unspecified atom stereocenters. The molecule has 2 aliphatic heterocycles. The third kappa shape index (κ3) is 3.26. The molecule has 2 saturated heterocycles. The van der Waals surface area contributed by atoms with Gasteiger partial charge in [-0.15, -0.1) is 11.8 Å². The molecule has 1 N–H and O–H groups in total. The van der Waals surface area contributed by atoms with Crippen LogP contribution in [0.15, 0.2) is 12.7 Å². The fourth-order valence-electron chi connectivity index (χ4n) is 2.77. The van der Waals surface area contributed by atoms with Gasteiger partial charge >= 0.3 is 11.9 Å². The molecule has 2 aliphatic rings. The topological polar surface area (TPSA) is 102 Å². The van der Waals surface area contributed by atoms with Crippen LogP contribution >= 0.6 is 11.8 Å². The van der Waals surface area contributed by atoms with Crippen molar-refractivity contribution in [2.45, 2.75) is 42.5 Å². The van der Waals surface area contributed by atoms with Gasteiger partial charge < -0.3 is 19.7 Å². The van der Waals surface area contributed by atoms with E-state index in [0.717, 1.165) is 0 Å². The Morgan fingerprint density at radius 1 is 1.42 bits per heavy atom. The number of methoxy groups -OCH3 is 1. The molecule has 2 amide bonds. The van der Waals surface area contributed by atoms with Gasteiger partial charge in [-0.05, 0) is 13.8 Å². The number of amides is 2. The highest BCUT2D eigenvalue weighted by Crippen LogP contribution is 2.51. The van der Waals surface area contributed by atoms with Crippen LogP contribution in [0.1, 0.15) is 20.3 Å². The lowest BCUT2D eigenvalue weighted by Gasteiger charge is -2.43. The number of ether oxygens (including phenoxy) is 2. The van der Waals surface area contributed by atoms with Crippen molar-refractivity contribution < 1.29 is 28.7 Å². The summed E-state index contributed by atoms with van der Waals surface area (Å²) >= 11 is 1.41. The van der Waals surface area contributed by atoms with Gasteiger partial charge in [0.25, 0.3) is 0 Å². The van der Waals surface area contributed by atoms with Crippen LogP contribution in [0.25, 0.3) is 0 Å². The first kappa shape index (κ1) is 18.3. The van der Waals surface area contributed by atoms with Crippen LogP contribution in [0.3, 0.4) is 0 Å². The van der Waals surface area contributed by atoms with Crippen LogP contribution in [-0.2, 0) is 28.7 Å². The number of rotatable bonds is 6. The van der Waals surface area contributed by atoms with Crippen molar-refractivity contribution in [2.24, 2.45) is 0 Å². The minimum absolute atomic E-state index is 0.0715. The maximum absolute atomic E-state index is 12.4. The van der Waals surface area contributed by atoms with E-state index in [-0.39, 0.29) is 17.9 Å². The molecule has 3 atom stereocenters. The lowest BCUT2D eigenvalue weighted by atomic mass is 9.96. The van der Waals surface area contributed by atoms with Gasteiger partial charge in [0.2, 0.25) is 11.8 Å². The van der Waals surface area contributed by atoms with Crippen molar-refractivity contribution in [3.05, 3.63) is 12.7 Å². The standard InChI is InChI=1S/C15H20N2O6S/c1-5-6-23-14(21)11-15(2,3)24-13-10(12(20)17(11)13)16-8(18)7-9(19)22-4/h5,10-11,13H,1,6-7H2,2-4H3,(H,16,18). The summed E-state index contributed by atoms with van der Waals surface area (Å²) in [7, 11) is 1.18. The highest BCUT2D eigenvalue weighted by atomic mass is 32.2. The van der Waals surface area contributed by atoms with E-state index < -0.39 is 41.1 Å². The van der Waals surface area contributed by atoms with E-state index in [0.29, 0.717) is 0 Å². The van der Waals surface area contributed by atoms with E-state index in [2.05, 4.69) is 16.6 Å². The molecule has 0 aromatic rings. The molecule has 2 rings (SSSR count). The Balaban J connectivity index is 2.05. The molecule has 132 valence electrons. The van der Waals surface area contributed by atoms with E-state index in [1.165, 1.54) is 29.8 Å². The molecule has 0 spiro atoms. The number of thioether (sulfide) groups is 1. The van der Waals surface area contributed by atoms with Crippen LogP contribution in [0.5, 0.6) is 0 Å². The van der Waals surface area contributed by atoms with E-state index in [4.69, 9.17) is 4.74 Å². The lowest BCUT2D eigenvalue weighted by molar-refractivity contribution is -0.163. The van der Waals surface area contributed by atoms with Crippen molar-refractivity contribution in [3.63, 3.8) is 0 Å². The van der Waals surface area contributed by atoms with E-state index in [9.17, 15) is 19.2 Å². The van der Waals surface area contributed by atoms with Gasteiger partial charge in [0, 0.05) is 4.75 Å². The Kier molecular flexibility index (Phi) is 5.22. The number of nitrogens with zero attached hydrogens (tertiary/aromatic N) is 1. The van der Waals surface area contributed by atoms with Crippen molar-refractivity contribution in [1.29, 1.82) is 0 Å². The number of carbonyl (C=O) groups excluding carboxylic acids is 4. The van der Waals surface area contributed by atoms with Crippen LogP contribution in [0, 0.1) is 0 Å². The summed E-state index contributed by atoms with van der Waals surface area (Å²) in [6.45, 7) is 7.24. The number of β-lactam (4-membered cyclic amide) rings is 1. The van der Waals surface area contributed by atoms with E-state index >= 15 is 0 Å². The first-order valence-electron chi connectivity index (χ1n) is 7.36. The first-order chi connectivity index (χ1) is 11.2. The zero-order chi connectivity index (χ0) is 18.1. The summed E-state index contributed by atoms with van der Waals surface area (Å²) < 4.78 is 8.94. The predicted molar refractivity (Wildman–Crippen MR) is 85.8 cm³/mol. The highest BCUT2D eigenvalue weighted by Gasteiger charge is 2.64. The molecule has 24 heavy (non-hydrogen) atoms. The zero-order valence-electron chi connectivity index (χ0n) is 13.7. The third-order valence-electron chi connectivity index (χ3n) is 3.86. The molecule has 0 aliphatic carbocycles. The highest BCUT2D eigenvalue weighted by molar-refractivity contribution is 8.01. The van der Waals surface area contributed by atoms with Gasteiger partial charge in [0.05, 0.1) is 7.11 Å². The summed E-state index contributed by atoms with van der Waals surface area (Å²) in [5.41, 5.74) is 0. The predicted octanol–water partition coefficient (Wildman–Crippen LogP) is -0.174. The zero-order valence-corrected chi connectivity index (χ0v) is 14.6. The number of fused-ring (bicyclic) bond motifs is 1. The molecule has 8 nitrogen and oxygen atoms in total. The van der Waals surface area contributed by atoms with Gasteiger partial charge in [-0.2, -0.15) is 0 Å². The summed E-state index contributed by atoms with van der Waals surface area (Å²) in [5, 5.41) is 2.16. The number of carbonyl (C=O) groups is 4. The number of esters is 2. The van der Waals surface area contributed by atoms with E-state index in [1.54, 1.807) is 0 Å². The van der Waals surface area contributed by atoms with Crippen LogP contribution in [-0.4, -0.2) is 64.6 Å². The second kappa shape index (κ2) is 6.84. The molecular weight excluding hydrogens is 336 g/mol. The number of hydrogen-bond donors (Lipinski definition) is 1. The Hall–Kier alpha value is -2.03. The summed E-state index contributed by atoms with van der Waals surface area (Å²) in [5.74, 6) is -2.13. The van der Waals surface area contributed by atoms with Crippen molar-refractivity contribution in [1.82, 2.24) is 10.2 Å². The second-order valence-electron chi connectivity index (χ2n) is 5.98. The third-order valence-corrected chi connectivity index (χ3v) is 5.43. The average Bonchev–Trinajstić information content (AvgIpc) is 2.78. The summed E-state index contributed by atoms with van der Waals surface area (Å²) in [6.07, 6.45) is 1.00. The van der Waals surface area contributed by atoms with Gasteiger partial charge in [-0.1, -0.05) is 12.7 Å². The van der Waals surface area contributed by atoms with E-state index in [1.807, 2.05) is 13.8 Å². The van der Waals surface area contributed by atoms with Crippen LogP contribution < -0.4 is 5.32 Å². The summed E-state index contributed by atoms with van der Waals surface area (Å²) in [6, 6.07) is -1.49. The molecule has 0 aromatic heterocycles. The fraction of sp³-hybridized carbons (Fsp3) is 0.600.